The molecular weight excluding hydrogens is 190 g/mol. The first-order chi connectivity index (χ1) is 7.20. The Morgan fingerprint density at radius 1 is 1.40 bits per heavy atom. The van der Waals surface area contributed by atoms with Crippen molar-refractivity contribution in [2.24, 2.45) is 0 Å². The van der Waals surface area contributed by atoms with Crippen LogP contribution in [-0.2, 0) is 17.6 Å². The van der Waals surface area contributed by atoms with Gasteiger partial charge in [-0.15, -0.1) is 10.2 Å². The first-order valence-corrected chi connectivity index (χ1v) is 5.02. The second-order valence-corrected chi connectivity index (χ2v) is 3.61. The summed E-state index contributed by atoms with van der Waals surface area (Å²) in [7, 11) is 0. The monoisotopic (exact) mass is 203 g/mol. The van der Waals surface area contributed by atoms with Gasteiger partial charge in [0.25, 0.3) is 0 Å². The van der Waals surface area contributed by atoms with E-state index in [0.717, 1.165) is 23.5 Å². The van der Waals surface area contributed by atoms with Gasteiger partial charge in [-0.2, -0.15) is 0 Å². The van der Waals surface area contributed by atoms with Gasteiger partial charge in [-0.05, 0) is 18.6 Å². The maximum Gasteiger partial charge on any atom is 0.160 e. The molecule has 0 aliphatic rings. The molecule has 2 aromatic rings. The zero-order valence-corrected chi connectivity index (χ0v) is 8.90. The molecule has 0 aromatic carbocycles. The Morgan fingerprint density at radius 3 is 2.87 bits per heavy atom. The molecule has 0 aliphatic heterocycles. The molecule has 0 bridgehead atoms. The van der Waals surface area contributed by atoms with E-state index >= 15 is 0 Å². The Morgan fingerprint density at radius 2 is 2.20 bits per heavy atom. The van der Waals surface area contributed by atoms with Crippen molar-refractivity contribution in [3.05, 3.63) is 29.7 Å². The maximum absolute atomic E-state index is 11.0. The summed E-state index contributed by atoms with van der Waals surface area (Å²) in [6.45, 7) is 3.63. The molecule has 0 fully saturated rings. The van der Waals surface area contributed by atoms with Crippen molar-refractivity contribution >= 4 is 11.4 Å². The Labute approximate surface area is 87.9 Å². The van der Waals surface area contributed by atoms with Crippen molar-refractivity contribution in [2.75, 3.05) is 0 Å². The number of hydrogen-bond donors (Lipinski definition) is 0. The predicted molar refractivity (Wildman–Crippen MR) is 56.8 cm³/mol. The van der Waals surface area contributed by atoms with Crippen LogP contribution in [0.2, 0.25) is 0 Å². The third kappa shape index (κ3) is 1.88. The van der Waals surface area contributed by atoms with Crippen molar-refractivity contribution in [2.45, 2.75) is 26.7 Å². The third-order valence-corrected chi connectivity index (χ3v) is 2.30. The predicted octanol–water partition coefficient (Wildman–Crippen LogP) is 1.42. The molecule has 0 unspecified atom stereocenters. The molecule has 0 N–H and O–H groups in total. The highest BCUT2D eigenvalue weighted by molar-refractivity contribution is 5.78. The molecule has 0 atom stereocenters. The molecule has 0 radical (unpaired) electrons. The molecule has 0 spiro atoms. The number of nitrogens with zero attached hydrogens (tertiary/aromatic N) is 3. The van der Waals surface area contributed by atoms with Crippen molar-refractivity contribution < 1.29 is 4.79 Å². The standard InChI is InChI=1S/C11H13N3O/c1-3-10-12-13-11-5-4-9(6-8(2)15)7-14(10)11/h4-5,7H,3,6H2,1-2H3. The average Bonchev–Trinajstić information content (AvgIpc) is 2.59. The van der Waals surface area contributed by atoms with Crippen LogP contribution in [0, 0.1) is 0 Å². The number of pyridine rings is 1. The summed E-state index contributed by atoms with van der Waals surface area (Å²) >= 11 is 0. The van der Waals surface area contributed by atoms with Crippen LogP contribution >= 0.6 is 0 Å². The van der Waals surface area contributed by atoms with E-state index in [1.54, 1.807) is 6.92 Å². The van der Waals surface area contributed by atoms with E-state index < -0.39 is 0 Å². The quantitative estimate of drug-likeness (QED) is 0.758. The Bertz CT molecular complexity index is 502. The van der Waals surface area contributed by atoms with Crippen LogP contribution in [0.15, 0.2) is 18.3 Å². The van der Waals surface area contributed by atoms with Crippen LogP contribution in [0.4, 0.5) is 0 Å². The molecule has 15 heavy (non-hydrogen) atoms. The minimum absolute atomic E-state index is 0.167. The third-order valence-electron chi connectivity index (χ3n) is 2.30. The van der Waals surface area contributed by atoms with Gasteiger partial charge in [0.05, 0.1) is 0 Å². The van der Waals surface area contributed by atoms with Crippen molar-refractivity contribution in [1.82, 2.24) is 14.6 Å². The molecule has 0 saturated heterocycles. The minimum Gasteiger partial charge on any atom is -0.300 e. The lowest BCUT2D eigenvalue weighted by Crippen LogP contribution is -1.99. The van der Waals surface area contributed by atoms with E-state index in [9.17, 15) is 4.79 Å². The molecule has 2 heterocycles. The smallest absolute Gasteiger partial charge is 0.160 e. The van der Waals surface area contributed by atoms with Gasteiger partial charge < -0.3 is 0 Å². The zero-order chi connectivity index (χ0) is 10.8. The number of ketones is 1. The normalized spacial score (nSPS) is 10.8. The molecule has 78 valence electrons. The number of rotatable bonds is 3. The minimum atomic E-state index is 0.167. The molecular formula is C11H13N3O. The summed E-state index contributed by atoms with van der Waals surface area (Å²) in [5.41, 5.74) is 1.84. The summed E-state index contributed by atoms with van der Waals surface area (Å²) in [6, 6.07) is 3.81. The number of hydrogen-bond acceptors (Lipinski definition) is 3. The van der Waals surface area contributed by atoms with Crippen LogP contribution in [0.25, 0.3) is 5.65 Å². The summed E-state index contributed by atoms with van der Waals surface area (Å²) in [4.78, 5) is 11.0. The Kier molecular flexibility index (Phi) is 2.49. The highest BCUT2D eigenvalue weighted by atomic mass is 16.1. The van der Waals surface area contributed by atoms with E-state index in [2.05, 4.69) is 10.2 Å². The molecule has 2 rings (SSSR count). The van der Waals surface area contributed by atoms with Crippen molar-refractivity contribution in [3.63, 3.8) is 0 Å². The molecule has 0 saturated carbocycles. The van der Waals surface area contributed by atoms with Gasteiger partial charge in [-0.25, -0.2) is 0 Å². The zero-order valence-electron chi connectivity index (χ0n) is 8.90. The van der Waals surface area contributed by atoms with Crippen LogP contribution in [0.5, 0.6) is 0 Å². The van der Waals surface area contributed by atoms with Gasteiger partial charge in [-0.1, -0.05) is 13.0 Å². The summed E-state index contributed by atoms with van der Waals surface area (Å²) < 4.78 is 1.94. The number of carbonyl (C=O) groups excluding carboxylic acids is 1. The average molecular weight is 203 g/mol. The maximum atomic E-state index is 11.0. The SMILES string of the molecule is CCc1nnc2ccc(CC(C)=O)cn12. The van der Waals surface area contributed by atoms with E-state index in [1.165, 1.54) is 0 Å². The fraction of sp³-hybridized carbons (Fsp3) is 0.364. The Balaban J connectivity index is 2.47. The fourth-order valence-electron chi connectivity index (χ4n) is 1.62. The largest absolute Gasteiger partial charge is 0.300 e. The second kappa shape index (κ2) is 3.81. The second-order valence-electron chi connectivity index (χ2n) is 3.61. The number of fused-ring (bicyclic) bond motifs is 1. The lowest BCUT2D eigenvalue weighted by atomic mass is 10.1. The van der Waals surface area contributed by atoms with Gasteiger partial charge in [0, 0.05) is 19.0 Å². The first kappa shape index (κ1) is 9.83. The number of Topliss-reactive ketones (excluding diaryl/α,β-unsaturated/α-hetero) is 1. The van der Waals surface area contributed by atoms with Crippen LogP contribution < -0.4 is 0 Å². The van der Waals surface area contributed by atoms with Crippen molar-refractivity contribution in [1.29, 1.82) is 0 Å². The molecule has 0 amide bonds. The highest BCUT2D eigenvalue weighted by Crippen LogP contribution is 2.08. The summed E-state index contributed by atoms with van der Waals surface area (Å²) in [5.74, 6) is 1.09. The lowest BCUT2D eigenvalue weighted by molar-refractivity contribution is -0.116. The lowest BCUT2D eigenvalue weighted by Gasteiger charge is -2.00. The number of carbonyl (C=O) groups is 1. The summed E-state index contributed by atoms with van der Waals surface area (Å²) in [5, 5.41) is 8.10. The van der Waals surface area contributed by atoms with E-state index in [4.69, 9.17) is 0 Å². The fourth-order valence-corrected chi connectivity index (χ4v) is 1.62. The van der Waals surface area contributed by atoms with Gasteiger partial charge in [0.2, 0.25) is 0 Å². The summed E-state index contributed by atoms with van der Waals surface area (Å²) in [6.07, 6.45) is 3.25. The number of aromatic nitrogens is 3. The molecule has 4 heteroatoms. The van der Waals surface area contributed by atoms with Crippen LogP contribution in [-0.4, -0.2) is 20.4 Å². The first-order valence-electron chi connectivity index (χ1n) is 5.02. The Hall–Kier alpha value is -1.71. The topological polar surface area (TPSA) is 47.3 Å². The van der Waals surface area contributed by atoms with E-state index in [-0.39, 0.29) is 5.78 Å². The molecule has 0 aliphatic carbocycles. The highest BCUT2D eigenvalue weighted by Gasteiger charge is 2.04. The van der Waals surface area contributed by atoms with Gasteiger partial charge in [0.1, 0.15) is 11.6 Å². The van der Waals surface area contributed by atoms with E-state index in [1.807, 2.05) is 29.7 Å². The van der Waals surface area contributed by atoms with Crippen LogP contribution in [0.3, 0.4) is 0 Å². The van der Waals surface area contributed by atoms with Gasteiger partial charge in [-0.3, -0.25) is 9.20 Å². The van der Waals surface area contributed by atoms with E-state index in [0.29, 0.717) is 6.42 Å². The van der Waals surface area contributed by atoms with Gasteiger partial charge >= 0.3 is 0 Å². The molecule has 2 aromatic heterocycles. The van der Waals surface area contributed by atoms with Crippen LogP contribution in [0.1, 0.15) is 25.2 Å². The van der Waals surface area contributed by atoms with Gasteiger partial charge in [0.15, 0.2) is 5.65 Å². The molecule has 4 nitrogen and oxygen atoms in total. The number of aryl methyl sites for hydroxylation is 1. The van der Waals surface area contributed by atoms with Crippen molar-refractivity contribution in [3.8, 4) is 0 Å².